The fourth-order valence-electron chi connectivity index (χ4n) is 1.31. The maximum atomic E-state index is 12.7. The Balaban J connectivity index is 2.40. The zero-order valence-electron chi connectivity index (χ0n) is 8.27. The van der Waals surface area contributed by atoms with Crippen molar-refractivity contribution in [1.29, 1.82) is 0 Å². The molecule has 0 spiro atoms. The Hall–Kier alpha value is -1.90. The molecular formula is C12H10FNO. The average molecular weight is 203 g/mol. The summed E-state index contributed by atoms with van der Waals surface area (Å²) < 4.78 is 17.7. The number of nitrogens with zero attached hydrogens (tertiary/aromatic N) is 1. The lowest BCUT2D eigenvalue weighted by Gasteiger charge is -2.03. The molecule has 0 aliphatic carbocycles. The van der Waals surface area contributed by atoms with Gasteiger partial charge in [0.05, 0.1) is 12.8 Å². The second kappa shape index (κ2) is 4.09. The van der Waals surface area contributed by atoms with E-state index in [1.54, 1.807) is 25.3 Å². The van der Waals surface area contributed by atoms with E-state index in [2.05, 4.69) is 4.98 Å². The van der Waals surface area contributed by atoms with Gasteiger partial charge in [0.2, 0.25) is 5.88 Å². The van der Waals surface area contributed by atoms with Crippen LogP contribution in [0.25, 0.3) is 11.3 Å². The zero-order valence-corrected chi connectivity index (χ0v) is 8.27. The van der Waals surface area contributed by atoms with Gasteiger partial charge in [-0.15, -0.1) is 0 Å². The molecule has 0 fully saturated rings. The molecule has 2 nitrogen and oxygen atoms in total. The lowest BCUT2D eigenvalue weighted by atomic mass is 10.1. The summed E-state index contributed by atoms with van der Waals surface area (Å²) >= 11 is 0. The third-order valence-electron chi connectivity index (χ3n) is 2.07. The number of hydrogen-bond acceptors (Lipinski definition) is 2. The van der Waals surface area contributed by atoms with Gasteiger partial charge in [0, 0.05) is 11.6 Å². The fourth-order valence-corrected chi connectivity index (χ4v) is 1.31. The third-order valence-corrected chi connectivity index (χ3v) is 2.07. The summed E-state index contributed by atoms with van der Waals surface area (Å²) in [5.41, 5.74) is 1.64. The van der Waals surface area contributed by atoms with Crippen LogP contribution in [0.1, 0.15) is 0 Å². The Bertz CT molecular complexity index is 453. The minimum Gasteiger partial charge on any atom is -0.481 e. The van der Waals surface area contributed by atoms with Crippen molar-refractivity contribution < 1.29 is 9.13 Å². The van der Waals surface area contributed by atoms with E-state index in [1.165, 1.54) is 12.1 Å². The van der Waals surface area contributed by atoms with E-state index >= 15 is 0 Å². The Morgan fingerprint density at radius 3 is 2.47 bits per heavy atom. The van der Waals surface area contributed by atoms with Crippen molar-refractivity contribution >= 4 is 0 Å². The first-order valence-corrected chi connectivity index (χ1v) is 4.56. The first-order chi connectivity index (χ1) is 7.29. The molecular weight excluding hydrogens is 193 g/mol. The molecule has 0 unspecified atom stereocenters. The van der Waals surface area contributed by atoms with Gasteiger partial charge in [0.1, 0.15) is 5.82 Å². The van der Waals surface area contributed by atoms with Gasteiger partial charge in [0.25, 0.3) is 0 Å². The van der Waals surface area contributed by atoms with Crippen LogP contribution in [0.4, 0.5) is 4.39 Å². The summed E-state index contributed by atoms with van der Waals surface area (Å²) in [6.45, 7) is 0. The van der Waals surface area contributed by atoms with Crippen LogP contribution in [-0.4, -0.2) is 12.1 Å². The summed E-state index contributed by atoms with van der Waals surface area (Å²) in [6, 6.07) is 11.7. The maximum Gasteiger partial charge on any atom is 0.213 e. The van der Waals surface area contributed by atoms with Gasteiger partial charge in [-0.2, -0.15) is 0 Å². The zero-order chi connectivity index (χ0) is 10.7. The predicted octanol–water partition coefficient (Wildman–Crippen LogP) is 2.90. The molecule has 0 N–H and O–H groups in total. The highest BCUT2D eigenvalue weighted by atomic mass is 19.1. The fraction of sp³-hybridized carbons (Fsp3) is 0.0833. The van der Waals surface area contributed by atoms with Crippen molar-refractivity contribution in [3.63, 3.8) is 0 Å². The molecule has 0 saturated heterocycles. The average Bonchev–Trinajstić information content (AvgIpc) is 2.30. The quantitative estimate of drug-likeness (QED) is 0.748. The number of benzene rings is 1. The van der Waals surface area contributed by atoms with E-state index in [9.17, 15) is 4.39 Å². The lowest BCUT2D eigenvalue weighted by molar-refractivity contribution is 0.398. The smallest absolute Gasteiger partial charge is 0.213 e. The van der Waals surface area contributed by atoms with Crippen LogP contribution in [0.5, 0.6) is 5.88 Å². The van der Waals surface area contributed by atoms with Crippen LogP contribution >= 0.6 is 0 Å². The first kappa shape index (κ1) is 9.65. The van der Waals surface area contributed by atoms with Gasteiger partial charge >= 0.3 is 0 Å². The summed E-state index contributed by atoms with van der Waals surface area (Å²) in [4.78, 5) is 4.25. The van der Waals surface area contributed by atoms with Crippen molar-refractivity contribution in [1.82, 2.24) is 4.98 Å². The van der Waals surface area contributed by atoms with Crippen molar-refractivity contribution in [2.24, 2.45) is 0 Å². The van der Waals surface area contributed by atoms with Crippen LogP contribution < -0.4 is 4.74 Å². The molecule has 15 heavy (non-hydrogen) atoms. The molecule has 3 heteroatoms. The van der Waals surface area contributed by atoms with Gasteiger partial charge in [0.15, 0.2) is 0 Å². The van der Waals surface area contributed by atoms with E-state index in [0.29, 0.717) is 5.88 Å². The molecule has 0 radical (unpaired) electrons. The predicted molar refractivity (Wildman–Crippen MR) is 56.2 cm³/mol. The van der Waals surface area contributed by atoms with Crippen LogP contribution in [0.3, 0.4) is 0 Å². The van der Waals surface area contributed by atoms with Crippen molar-refractivity contribution in [3.05, 3.63) is 48.3 Å². The highest BCUT2D eigenvalue weighted by molar-refractivity contribution is 5.59. The number of aromatic nitrogens is 1. The Morgan fingerprint density at radius 2 is 1.80 bits per heavy atom. The molecule has 1 aromatic carbocycles. The minimum absolute atomic E-state index is 0.248. The Morgan fingerprint density at radius 1 is 1.07 bits per heavy atom. The topological polar surface area (TPSA) is 22.1 Å². The highest BCUT2D eigenvalue weighted by Crippen LogP contribution is 2.19. The molecule has 0 saturated carbocycles. The second-order valence-corrected chi connectivity index (χ2v) is 3.07. The van der Waals surface area contributed by atoms with Crippen molar-refractivity contribution in [2.45, 2.75) is 0 Å². The normalized spacial score (nSPS) is 10.0. The molecule has 2 aromatic rings. The van der Waals surface area contributed by atoms with Gasteiger partial charge in [-0.05, 0) is 30.3 Å². The van der Waals surface area contributed by atoms with Gasteiger partial charge in [-0.25, -0.2) is 9.37 Å². The second-order valence-electron chi connectivity index (χ2n) is 3.07. The number of hydrogen-bond donors (Lipinski definition) is 0. The van der Waals surface area contributed by atoms with Crippen molar-refractivity contribution in [3.8, 4) is 17.1 Å². The van der Waals surface area contributed by atoms with E-state index in [-0.39, 0.29) is 5.82 Å². The first-order valence-electron chi connectivity index (χ1n) is 4.56. The minimum atomic E-state index is -0.248. The molecule has 0 atom stereocenters. The van der Waals surface area contributed by atoms with E-state index in [4.69, 9.17) is 4.74 Å². The van der Waals surface area contributed by atoms with Crippen LogP contribution in [0.2, 0.25) is 0 Å². The molecule has 2 rings (SSSR count). The number of pyridine rings is 1. The molecule has 0 amide bonds. The highest BCUT2D eigenvalue weighted by Gasteiger charge is 2.00. The molecule has 0 aliphatic rings. The Labute approximate surface area is 87.4 Å². The number of halogens is 1. The standard InChI is InChI=1S/C12H10FNO/c1-15-12-4-2-3-11(14-12)9-5-7-10(13)8-6-9/h2-8H,1H3. The van der Waals surface area contributed by atoms with Crippen LogP contribution in [-0.2, 0) is 0 Å². The molecule has 1 aromatic heterocycles. The number of rotatable bonds is 2. The van der Waals surface area contributed by atoms with E-state index in [0.717, 1.165) is 11.3 Å². The number of methoxy groups -OCH3 is 1. The van der Waals surface area contributed by atoms with Gasteiger partial charge < -0.3 is 4.74 Å². The largest absolute Gasteiger partial charge is 0.481 e. The molecule has 76 valence electrons. The Kier molecular flexibility index (Phi) is 2.63. The van der Waals surface area contributed by atoms with Gasteiger partial charge in [-0.1, -0.05) is 6.07 Å². The maximum absolute atomic E-state index is 12.7. The monoisotopic (exact) mass is 203 g/mol. The van der Waals surface area contributed by atoms with E-state index < -0.39 is 0 Å². The van der Waals surface area contributed by atoms with Crippen LogP contribution in [0, 0.1) is 5.82 Å². The third kappa shape index (κ3) is 2.13. The molecule has 0 bridgehead atoms. The van der Waals surface area contributed by atoms with Crippen molar-refractivity contribution in [2.75, 3.05) is 7.11 Å². The summed E-state index contributed by atoms with van der Waals surface area (Å²) in [5, 5.41) is 0. The summed E-state index contributed by atoms with van der Waals surface area (Å²) in [7, 11) is 1.57. The lowest BCUT2D eigenvalue weighted by Crippen LogP contribution is -1.89. The SMILES string of the molecule is COc1cccc(-c2ccc(F)cc2)n1. The molecule has 0 aliphatic heterocycles. The van der Waals surface area contributed by atoms with Crippen LogP contribution in [0.15, 0.2) is 42.5 Å². The summed E-state index contributed by atoms with van der Waals surface area (Å²) in [6.07, 6.45) is 0. The van der Waals surface area contributed by atoms with Gasteiger partial charge in [-0.3, -0.25) is 0 Å². The molecule has 1 heterocycles. The van der Waals surface area contributed by atoms with E-state index in [1.807, 2.05) is 12.1 Å². The number of ether oxygens (including phenoxy) is 1. The summed E-state index contributed by atoms with van der Waals surface area (Å²) in [5.74, 6) is 0.304.